The summed E-state index contributed by atoms with van der Waals surface area (Å²) in [6, 6.07) is 5.43. The van der Waals surface area contributed by atoms with Crippen molar-refractivity contribution in [3.8, 4) is 0 Å². The van der Waals surface area contributed by atoms with E-state index >= 15 is 0 Å². The first kappa shape index (κ1) is 25.4. The average Bonchev–Trinajstić information content (AvgIpc) is 2.80. The number of ether oxygens (including phenoxy) is 1. The van der Waals surface area contributed by atoms with Gasteiger partial charge in [0, 0.05) is 36.3 Å². The van der Waals surface area contributed by atoms with Crippen LogP contribution in [-0.4, -0.2) is 47.8 Å². The van der Waals surface area contributed by atoms with Gasteiger partial charge in [0.25, 0.3) is 5.91 Å². The van der Waals surface area contributed by atoms with Gasteiger partial charge in [0.15, 0.2) is 0 Å². The van der Waals surface area contributed by atoms with Crippen LogP contribution in [0.2, 0.25) is 5.02 Å². The molecule has 1 aliphatic heterocycles. The standard InChI is InChI=1S/C23H26BrClFN3O4/c24-16-8-9-17(26)19(20(16)25)22(30)29-18(23(31)32)10-13-33-12-2-1-5-15-7-6-14-4-3-11-27-21(14)28-15/h6-9,18H,1-5,10-13H2,(H,27,28)(H,29,30)(H,31,32)/t18-/m0/s1. The predicted octanol–water partition coefficient (Wildman–Crippen LogP) is 4.61. The maximum atomic E-state index is 14.0. The van der Waals surface area contributed by atoms with Gasteiger partial charge < -0.3 is 20.5 Å². The normalized spacial score (nSPS) is 13.7. The third kappa shape index (κ3) is 7.12. The molecule has 2 heterocycles. The lowest BCUT2D eigenvalue weighted by atomic mass is 10.1. The van der Waals surface area contributed by atoms with Gasteiger partial charge in [0.05, 0.1) is 10.6 Å². The highest BCUT2D eigenvalue weighted by molar-refractivity contribution is 9.10. The highest BCUT2D eigenvalue weighted by Crippen LogP contribution is 2.28. The Balaban J connectivity index is 1.38. The van der Waals surface area contributed by atoms with Crippen molar-refractivity contribution in [3.63, 3.8) is 0 Å². The number of hydrogen-bond acceptors (Lipinski definition) is 5. The van der Waals surface area contributed by atoms with Crippen LogP contribution in [0.25, 0.3) is 0 Å². The molecule has 0 bridgehead atoms. The number of aliphatic carboxylic acids is 1. The number of hydrogen-bond donors (Lipinski definition) is 3. The Morgan fingerprint density at radius 1 is 1.27 bits per heavy atom. The number of pyridine rings is 1. The van der Waals surface area contributed by atoms with E-state index in [1.165, 1.54) is 11.6 Å². The molecule has 1 aliphatic rings. The molecule has 0 saturated carbocycles. The lowest BCUT2D eigenvalue weighted by Crippen LogP contribution is -2.42. The van der Waals surface area contributed by atoms with Gasteiger partial charge >= 0.3 is 5.97 Å². The number of benzene rings is 1. The first-order valence-electron chi connectivity index (χ1n) is 10.8. The molecule has 7 nitrogen and oxygen atoms in total. The van der Waals surface area contributed by atoms with Gasteiger partial charge in [-0.05, 0) is 71.8 Å². The molecule has 0 radical (unpaired) electrons. The molecule has 0 saturated heterocycles. The summed E-state index contributed by atoms with van der Waals surface area (Å²) in [7, 11) is 0. The van der Waals surface area contributed by atoms with Crippen LogP contribution in [0.1, 0.15) is 47.3 Å². The molecule has 10 heteroatoms. The molecule has 3 N–H and O–H groups in total. The first-order valence-corrected chi connectivity index (χ1v) is 12.0. The highest BCUT2D eigenvalue weighted by Gasteiger charge is 2.24. The molecule has 3 rings (SSSR count). The Morgan fingerprint density at radius 2 is 2.09 bits per heavy atom. The quantitative estimate of drug-likeness (QED) is 0.283. The van der Waals surface area contributed by atoms with Crippen molar-refractivity contribution < 1.29 is 23.8 Å². The lowest BCUT2D eigenvalue weighted by Gasteiger charge is -2.17. The van der Waals surface area contributed by atoms with Gasteiger partial charge in [-0.1, -0.05) is 17.7 Å². The van der Waals surface area contributed by atoms with Gasteiger partial charge in [0.2, 0.25) is 0 Å². The topological polar surface area (TPSA) is 101 Å². The van der Waals surface area contributed by atoms with Crippen LogP contribution < -0.4 is 10.6 Å². The van der Waals surface area contributed by atoms with Crippen LogP contribution in [-0.2, 0) is 22.4 Å². The number of carbonyl (C=O) groups is 2. The van der Waals surface area contributed by atoms with E-state index in [-0.39, 0.29) is 18.1 Å². The summed E-state index contributed by atoms with van der Waals surface area (Å²) in [5.74, 6) is -1.96. The lowest BCUT2D eigenvalue weighted by molar-refractivity contribution is -0.139. The molecule has 0 fully saturated rings. The maximum Gasteiger partial charge on any atom is 0.326 e. The number of unbranched alkanes of at least 4 members (excludes halogenated alkanes) is 1. The number of nitrogens with zero attached hydrogens (tertiary/aromatic N) is 1. The van der Waals surface area contributed by atoms with E-state index in [2.05, 4.69) is 43.7 Å². The van der Waals surface area contributed by atoms with Crippen LogP contribution in [0.15, 0.2) is 28.7 Å². The van der Waals surface area contributed by atoms with Gasteiger partial charge in [-0.3, -0.25) is 4.79 Å². The highest BCUT2D eigenvalue weighted by atomic mass is 79.9. The zero-order valence-corrected chi connectivity index (χ0v) is 20.3. The maximum absolute atomic E-state index is 14.0. The summed E-state index contributed by atoms with van der Waals surface area (Å²) in [6.45, 7) is 1.57. The van der Waals surface area contributed by atoms with Crippen LogP contribution in [0.3, 0.4) is 0 Å². The van der Waals surface area contributed by atoms with Crippen molar-refractivity contribution >= 4 is 45.2 Å². The number of carboxylic acids is 1. The van der Waals surface area contributed by atoms with Crippen molar-refractivity contribution in [2.45, 2.75) is 44.6 Å². The average molecular weight is 543 g/mol. The van der Waals surface area contributed by atoms with E-state index in [0.717, 1.165) is 56.2 Å². The summed E-state index contributed by atoms with van der Waals surface area (Å²) in [5.41, 5.74) is 1.90. The third-order valence-corrected chi connectivity index (χ3v) is 6.63. The summed E-state index contributed by atoms with van der Waals surface area (Å²) >= 11 is 9.11. The fourth-order valence-electron chi connectivity index (χ4n) is 3.54. The minimum Gasteiger partial charge on any atom is -0.480 e. The summed E-state index contributed by atoms with van der Waals surface area (Å²) in [4.78, 5) is 28.6. The molecule has 0 spiro atoms. The number of carboxylic acid groups (broad SMARTS) is 1. The number of aryl methyl sites for hydroxylation is 2. The van der Waals surface area contributed by atoms with Crippen LogP contribution in [0.4, 0.5) is 10.2 Å². The number of rotatable bonds is 11. The Bertz CT molecular complexity index is 1010. The van der Waals surface area contributed by atoms with Crippen molar-refractivity contribution in [2.24, 2.45) is 0 Å². The second-order valence-corrected chi connectivity index (χ2v) is 9.01. The molecule has 0 unspecified atom stereocenters. The van der Waals surface area contributed by atoms with E-state index in [0.29, 0.717) is 11.1 Å². The molecule has 1 aromatic heterocycles. The molecule has 1 aromatic carbocycles. The van der Waals surface area contributed by atoms with Crippen molar-refractivity contribution in [1.82, 2.24) is 10.3 Å². The number of fused-ring (bicyclic) bond motifs is 1. The van der Waals surface area contributed by atoms with Crippen LogP contribution in [0.5, 0.6) is 0 Å². The van der Waals surface area contributed by atoms with Crippen molar-refractivity contribution in [3.05, 3.63) is 56.4 Å². The fourth-order valence-corrected chi connectivity index (χ4v) is 4.11. The number of amides is 1. The minimum absolute atomic E-state index is 0.0480. The number of aromatic nitrogens is 1. The molecule has 1 atom stereocenters. The van der Waals surface area contributed by atoms with E-state index < -0.39 is 29.3 Å². The molecule has 178 valence electrons. The van der Waals surface area contributed by atoms with Gasteiger partial charge in [-0.25, -0.2) is 14.2 Å². The van der Waals surface area contributed by atoms with Crippen LogP contribution >= 0.6 is 27.5 Å². The monoisotopic (exact) mass is 541 g/mol. The van der Waals surface area contributed by atoms with Crippen molar-refractivity contribution in [2.75, 3.05) is 25.1 Å². The summed E-state index contributed by atoms with van der Waals surface area (Å²) < 4.78 is 19.9. The van der Waals surface area contributed by atoms with Gasteiger partial charge in [-0.15, -0.1) is 0 Å². The van der Waals surface area contributed by atoms with E-state index in [1.807, 2.05) is 0 Å². The molecular weight excluding hydrogens is 517 g/mol. The molecule has 33 heavy (non-hydrogen) atoms. The second-order valence-electron chi connectivity index (χ2n) is 7.78. The minimum atomic E-state index is -1.23. The Kier molecular flexibility index (Phi) is 9.46. The van der Waals surface area contributed by atoms with Crippen LogP contribution in [0, 0.1) is 5.82 Å². The molecule has 0 aliphatic carbocycles. The summed E-state index contributed by atoms with van der Waals surface area (Å²) in [5, 5.41) is 14.9. The zero-order chi connectivity index (χ0) is 23.8. The summed E-state index contributed by atoms with van der Waals surface area (Å²) in [6.07, 6.45) is 4.77. The number of nitrogens with one attached hydrogen (secondary N) is 2. The Labute approximate surface area is 205 Å². The Hall–Kier alpha value is -2.23. The van der Waals surface area contributed by atoms with E-state index in [4.69, 9.17) is 16.3 Å². The SMILES string of the molecule is O=C(N[C@@H](CCOCCCCc1ccc2c(n1)NCCC2)C(=O)O)c1c(F)ccc(Br)c1Cl. The number of anilines is 1. The molecule has 2 aromatic rings. The van der Waals surface area contributed by atoms with Gasteiger partial charge in [-0.2, -0.15) is 0 Å². The van der Waals surface area contributed by atoms with E-state index in [9.17, 15) is 19.1 Å². The Morgan fingerprint density at radius 3 is 2.88 bits per heavy atom. The molecule has 1 amide bonds. The second kappa shape index (κ2) is 12.3. The van der Waals surface area contributed by atoms with E-state index in [1.54, 1.807) is 0 Å². The fraction of sp³-hybridized carbons (Fsp3) is 0.435. The largest absolute Gasteiger partial charge is 0.480 e. The van der Waals surface area contributed by atoms with Crippen molar-refractivity contribution in [1.29, 1.82) is 0 Å². The molecular formula is C23H26BrClFN3O4. The third-order valence-electron chi connectivity index (χ3n) is 5.35. The number of halogens is 3. The first-order chi connectivity index (χ1) is 15.9. The zero-order valence-electron chi connectivity index (χ0n) is 18.0. The smallest absolute Gasteiger partial charge is 0.326 e. The van der Waals surface area contributed by atoms with Gasteiger partial charge in [0.1, 0.15) is 17.7 Å². The predicted molar refractivity (Wildman–Crippen MR) is 127 cm³/mol. The number of carbonyl (C=O) groups excluding carboxylic acids is 1.